The molecular formula is C15H21ClN2O4S. The van der Waals surface area contributed by atoms with Crippen LogP contribution in [0.1, 0.15) is 6.42 Å². The minimum atomic E-state index is -3.46. The Labute approximate surface area is 142 Å². The van der Waals surface area contributed by atoms with Gasteiger partial charge in [0.25, 0.3) is 0 Å². The van der Waals surface area contributed by atoms with Gasteiger partial charge in [0, 0.05) is 25.6 Å². The summed E-state index contributed by atoms with van der Waals surface area (Å²) in [5.41, 5.74) is 0. The van der Waals surface area contributed by atoms with Crippen molar-refractivity contribution in [3.63, 3.8) is 0 Å². The molecule has 6 nitrogen and oxygen atoms in total. The lowest BCUT2D eigenvalue weighted by Gasteiger charge is -2.18. The van der Waals surface area contributed by atoms with Crippen molar-refractivity contribution in [1.29, 1.82) is 0 Å². The summed E-state index contributed by atoms with van der Waals surface area (Å²) < 4.78 is 38.5. The summed E-state index contributed by atoms with van der Waals surface area (Å²) in [6.07, 6.45) is 0.805. The molecule has 4 rings (SSSR count). The Morgan fingerprint density at radius 2 is 1.70 bits per heavy atom. The number of rotatable bonds is 2. The van der Waals surface area contributed by atoms with Gasteiger partial charge in [-0.25, -0.2) is 8.42 Å². The third-order valence-electron chi connectivity index (χ3n) is 4.71. The van der Waals surface area contributed by atoms with Crippen LogP contribution in [0, 0.1) is 11.8 Å². The first-order chi connectivity index (χ1) is 10.6. The van der Waals surface area contributed by atoms with E-state index in [4.69, 9.17) is 9.47 Å². The fourth-order valence-corrected chi connectivity index (χ4v) is 5.03. The van der Waals surface area contributed by atoms with Crippen molar-refractivity contribution in [2.24, 2.45) is 11.8 Å². The van der Waals surface area contributed by atoms with Crippen LogP contribution in [0.4, 0.5) is 0 Å². The molecule has 2 fully saturated rings. The lowest BCUT2D eigenvalue weighted by molar-refractivity contribution is 0.297. The molecule has 8 heteroatoms. The number of benzene rings is 1. The smallest absolute Gasteiger partial charge is 0.243 e. The molecule has 1 N–H and O–H groups in total. The van der Waals surface area contributed by atoms with Crippen molar-refractivity contribution in [3.05, 3.63) is 18.2 Å². The predicted molar refractivity (Wildman–Crippen MR) is 87.9 cm³/mol. The summed E-state index contributed by atoms with van der Waals surface area (Å²) in [7, 11) is -3.46. The number of ether oxygens (including phenoxy) is 2. The minimum absolute atomic E-state index is 0. The van der Waals surface area contributed by atoms with Crippen LogP contribution in [-0.2, 0) is 10.0 Å². The van der Waals surface area contributed by atoms with Gasteiger partial charge in [-0.05, 0) is 37.1 Å². The van der Waals surface area contributed by atoms with Crippen LogP contribution < -0.4 is 14.8 Å². The largest absolute Gasteiger partial charge is 0.490 e. The molecule has 0 amide bonds. The monoisotopic (exact) mass is 360 g/mol. The van der Waals surface area contributed by atoms with Crippen molar-refractivity contribution in [2.45, 2.75) is 11.3 Å². The lowest BCUT2D eigenvalue weighted by atomic mass is 10.0. The van der Waals surface area contributed by atoms with Crippen LogP contribution >= 0.6 is 12.4 Å². The minimum Gasteiger partial charge on any atom is -0.490 e. The SMILES string of the molecule is Cl.O=S(=O)(c1ccc2c(c1)OCCCO2)N1C[C@H]2CNC[C@H]2C1. The van der Waals surface area contributed by atoms with Crippen LogP contribution in [0.2, 0.25) is 0 Å². The molecule has 2 atom stereocenters. The van der Waals surface area contributed by atoms with E-state index in [2.05, 4.69) is 5.32 Å². The van der Waals surface area contributed by atoms with E-state index < -0.39 is 10.0 Å². The highest BCUT2D eigenvalue weighted by molar-refractivity contribution is 7.89. The van der Waals surface area contributed by atoms with Gasteiger partial charge in [-0.3, -0.25) is 0 Å². The lowest BCUT2D eigenvalue weighted by Crippen LogP contribution is -2.31. The second-order valence-electron chi connectivity index (χ2n) is 6.16. The van der Waals surface area contributed by atoms with Gasteiger partial charge in [-0.15, -0.1) is 12.4 Å². The zero-order chi connectivity index (χ0) is 15.2. The second kappa shape index (κ2) is 6.47. The first-order valence-electron chi connectivity index (χ1n) is 7.75. The van der Waals surface area contributed by atoms with Crippen LogP contribution in [0.5, 0.6) is 11.5 Å². The van der Waals surface area contributed by atoms with Crippen molar-refractivity contribution in [1.82, 2.24) is 9.62 Å². The molecular weight excluding hydrogens is 340 g/mol. The van der Waals surface area contributed by atoms with Gasteiger partial charge in [0.15, 0.2) is 11.5 Å². The van der Waals surface area contributed by atoms with Crippen molar-refractivity contribution in [3.8, 4) is 11.5 Å². The molecule has 0 bridgehead atoms. The normalized spacial score (nSPS) is 27.1. The Morgan fingerprint density at radius 1 is 1.04 bits per heavy atom. The maximum Gasteiger partial charge on any atom is 0.243 e. The third-order valence-corrected chi connectivity index (χ3v) is 6.54. The number of fused-ring (bicyclic) bond motifs is 2. The molecule has 3 heterocycles. The van der Waals surface area contributed by atoms with Gasteiger partial charge in [-0.2, -0.15) is 4.31 Å². The molecule has 2 saturated heterocycles. The van der Waals surface area contributed by atoms with Crippen molar-refractivity contribution < 1.29 is 17.9 Å². The predicted octanol–water partition coefficient (Wildman–Crippen LogP) is 1.11. The fourth-order valence-electron chi connectivity index (χ4n) is 3.46. The second-order valence-corrected chi connectivity index (χ2v) is 8.10. The number of nitrogens with one attached hydrogen (secondary N) is 1. The zero-order valence-electron chi connectivity index (χ0n) is 12.7. The Hall–Kier alpha value is -1.02. The molecule has 0 saturated carbocycles. The fraction of sp³-hybridized carbons (Fsp3) is 0.600. The summed E-state index contributed by atoms with van der Waals surface area (Å²) in [4.78, 5) is 0.296. The molecule has 3 aliphatic rings. The highest BCUT2D eigenvalue weighted by atomic mass is 35.5. The van der Waals surface area contributed by atoms with Gasteiger partial charge >= 0.3 is 0 Å². The number of sulfonamides is 1. The van der Waals surface area contributed by atoms with E-state index in [9.17, 15) is 8.42 Å². The van der Waals surface area contributed by atoms with Crippen LogP contribution in [-0.4, -0.2) is 52.1 Å². The molecule has 23 heavy (non-hydrogen) atoms. The van der Waals surface area contributed by atoms with Gasteiger partial charge in [0.1, 0.15) is 0 Å². The van der Waals surface area contributed by atoms with Gasteiger partial charge in [-0.1, -0.05) is 0 Å². The number of halogens is 1. The molecule has 0 unspecified atom stereocenters. The van der Waals surface area contributed by atoms with Crippen LogP contribution in [0.15, 0.2) is 23.1 Å². The molecule has 0 radical (unpaired) electrons. The van der Waals surface area contributed by atoms with E-state index in [-0.39, 0.29) is 12.4 Å². The Kier molecular flexibility index (Phi) is 4.73. The highest BCUT2D eigenvalue weighted by Crippen LogP contribution is 2.35. The molecule has 1 aromatic rings. The van der Waals surface area contributed by atoms with E-state index in [1.54, 1.807) is 22.5 Å². The summed E-state index contributed by atoms with van der Waals surface area (Å²) >= 11 is 0. The first-order valence-corrected chi connectivity index (χ1v) is 9.19. The Bertz CT molecular complexity index is 670. The zero-order valence-corrected chi connectivity index (χ0v) is 14.4. The molecule has 128 valence electrons. The van der Waals surface area contributed by atoms with E-state index in [1.165, 1.54) is 0 Å². The van der Waals surface area contributed by atoms with E-state index >= 15 is 0 Å². The average molecular weight is 361 g/mol. The topological polar surface area (TPSA) is 67.9 Å². The summed E-state index contributed by atoms with van der Waals surface area (Å²) in [5, 5.41) is 3.33. The first kappa shape index (κ1) is 16.8. The molecule has 0 aromatic heterocycles. The van der Waals surface area contributed by atoms with Crippen molar-refractivity contribution in [2.75, 3.05) is 39.4 Å². The third kappa shape index (κ3) is 3.03. The Balaban J connectivity index is 0.00000156. The van der Waals surface area contributed by atoms with E-state index in [0.29, 0.717) is 54.5 Å². The molecule has 1 aromatic carbocycles. The summed E-state index contributed by atoms with van der Waals surface area (Å²) in [5.74, 6) is 2.03. The molecule has 0 aliphatic carbocycles. The average Bonchev–Trinajstić information content (AvgIpc) is 3.02. The van der Waals surface area contributed by atoms with E-state index in [0.717, 1.165) is 19.5 Å². The maximum atomic E-state index is 12.8. The maximum absolute atomic E-state index is 12.8. The van der Waals surface area contributed by atoms with Crippen LogP contribution in [0.3, 0.4) is 0 Å². The quantitative estimate of drug-likeness (QED) is 0.855. The van der Waals surface area contributed by atoms with Crippen LogP contribution in [0.25, 0.3) is 0 Å². The molecule has 0 spiro atoms. The van der Waals surface area contributed by atoms with Gasteiger partial charge in [0.2, 0.25) is 10.0 Å². The number of nitrogens with zero attached hydrogens (tertiary/aromatic N) is 1. The summed E-state index contributed by atoms with van der Waals surface area (Å²) in [6.45, 7) is 4.19. The van der Waals surface area contributed by atoms with Gasteiger partial charge < -0.3 is 14.8 Å². The van der Waals surface area contributed by atoms with Crippen molar-refractivity contribution >= 4 is 22.4 Å². The van der Waals surface area contributed by atoms with E-state index in [1.807, 2.05) is 0 Å². The van der Waals surface area contributed by atoms with Gasteiger partial charge in [0.05, 0.1) is 18.1 Å². The molecule has 3 aliphatic heterocycles. The highest BCUT2D eigenvalue weighted by Gasteiger charge is 2.41. The number of hydrogen-bond donors (Lipinski definition) is 1. The summed E-state index contributed by atoms with van der Waals surface area (Å²) in [6, 6.07) is 4.92. The number of hydrogen-bond acceptors (Lipinski definition) is 5. The Morgan fingerprint density at radius 3 is 2.39 bits per heavy atom. The standard InChI is InChI=1S/C15H20N2O4S.ClH/c18-22(19,17-9-11-7-16-8-12(11)10-17)13-2-3-14-15(6-13)21-5-1-4-20-14;/h2-3,6,11-12,16H,1,4-5,7-10H2;1H/t11-,12+;.